The number of amides is 1. The van der Waals surface area contributed by atoms with Crippen LogP contribution < -0.4 is 10.0 Å². The number of carbonyl (C=O) groups excluding carboxylic acids is 1. The zero-order valence-electron chi connectivity index (χ0n) is 13.4. The van der Waals surface area contributed by atoms with Crippen molar-refractivity contribution < 1.29 is 13.2 Å². The first-order chi connectivity index (χ1) is 11.0. The summed E-state index contributed by atoms with van der Waals surface area (Å²) >= 11 is 0. The standard InChI is InChI=1S/C17H24N2O3S/c1-2-23(21,22)19-13-15-8-10-16(11-9-15)17(20)18-12-14-6-4-3-5-7-14/h3-4,8-11,14,19H,2,5-7,12-13H2,1H3,(H,18,20). The van der Waals surface area contributed by atoms with Crippen molar-refractivity contribution in [3.05, 3.63) is 47.5 Å². The lowest BCUT2D eigenvalue weighted by Gasteiger charge is -2.18. The number of carbonyl (C=O) groups is 1. The molecular weight excluding hydrogens is 312 g/mol. The van der Waals surface area contributed by atoms with E-state index in [4.69, 9.17) is 0 Å². The summed E-state index contributed by atoms with van der Waals surface area (Å²) in [6.07, 6.45) is 7.59. The molecule has 1 aromatic carbocycles. The van der Waals surface area contributed by atoms with Gasteiger partial charge in [0.2, 0.25) is 10.0 Å². The van der Waals surface area contributed by atoms with Crippen molar-refractivity contribution >= 4 is 15.9 Å². The second kappa shape index (κ2) is 8.26. The van der Waals surface area contributed by atoms with Crippen LogP contribution in [-0.2, 0) is 16.6 Å². The molecule has 126 valence electrons. The summed E-state index contributed by atoms with van der Waals surface area (Å²) in [6, 6.07) is 7.00. The molecule has 2 N–H and O–H groups in total. The van der Waals surface area contributed by atoms with E-state index in [1.165, 1.54) is 0 Å². The maximum absolute atomic E-state index is 12.1. The molecule has 0 saturated carbocycles. The number of rotatable bonds is 7. The van der Waals surface area contributed by atoms with Gasteiger partial charge < -0.3 is 5.32 Å². The Bertz CT molecular complexity index is 651. The maximum atomic E-state index is 12.1. The highest BCUT2D eigenvalue weighted by Gasteiger charge is 2.12. The Morgan fingerprint density at radius 2 is 1.96 bits per heavy atom. The summed E-state index contributed by atoms with van der Waals surface area (Å²) in [5, 5.41) is 2.97. The zero-order chi connectivity index (χ0) is 16.7. The number of benzene rings is 1. The summed E-state index contributed by atoms with van der Waals surface area (Å²) < 4.78 is 25.3. The summed E-state index contributed by atoms with van der Waals surface area (Å²) in [5.74, 6) is 0.496. The van der Waals surface area contributed by atoms with Gasteiger partial charge in [-0.3, -0.25) is 4.79 Å². The third kappa shape index (κ3) is 5.80. The lowest BCUT2D eigenvalue weighted by molar-refractivity contribution is 0.0946. The monoisotopic (exact) mass is 336 g/mol. The predicted octanol–water partition coefficient (Wildman–Crippen LogP) is 2.21. The van der Waals surface area contributed by atoms with Gasteiger partial charge in [0.05, 0.1) is 5.75 Å². The Hall–Kier alpha value is -1.66. The van der Waals surface area contributed by atoms with Crippen LogP contribution in [-0.4, -0.2) is 26.6 Å². The Morgan fingerprint density at radius 3 is 2.57 bits per heavy atom. The molecule has 0 spiro atoms. The minimum Gasteiger partial charge on any atom is -0.352 e. The number of hydrogen-bond donors (Lipinski definition) is 2. The SMILES string of the molecule is CCS(=O)(=O)NCc1ccc(C(=O)NCC2CC=CCC2)cc1. The van der Waals surface area contributed by atoms with Crippen molar-refractivity contribution in [2.24, 2.45) is 5.92 Å². The molecule has 0 bridgehead atoms. The molecule has 0 saturated heterocycles. The van der Waals surface area contributed by atoms with E-state index in [-0.39, 0.29) is 18.2 Å². The van der Waals surface area contributed by atoms with Crippen molar-refractivity contribution in [3.8, 4) is 0 Å². The van der Waals surface area contributed by atoms with Crippen LogP contribution in [0.4, 0.5) is 0 Å². The first-order valence-corrected chi connectivity index (χ1v) is 9.65. The molecule has 1 aliphatic rings. The second-order valence-electron chi connectivity index (χ2n) is 5.78. The van der Waals surface area contributed by atoms with E-state index in [0.29, 0.717) is 18.0 Å². The van der Waals surface area contributed by atoms with E-state index in [1.54, 1.807) is 31.2 Å². The summed E-state index contributed by atoms with van der Waals surface area (Å²) in [4.78, 5) is 12.1. The predicted molar refractivity (Wildman–Crippen MR) is 91.6 cm³/mol. The highest BCUT2D eigenvalue weighted by molar-refractivity contribution is 7.89. The van der Waals surface area contributed by atoms with Crippen LogP contribution in [0.15, 0.2) is 36.4 Å². The fraction of sp³-hybridized carbons (Fsp3) is 0.471. The highest BCUT2D eigenvalue weighted by Crippen LogP contribution is 2.17. The van der Waals surface area contributed by atoms with Crippen molar-refractivity contribution in [2.45, 2.75) is 32.7 Å². The van der Waals surface area contributed by atoms with Crippen LogP contribution in [0.25, 0.3) is 0 Å². The van der Waals surface area contributed by atoms with Gasteiger partial charge in [-0.05, 0) is 49.8 Å². The number of hydrogen-bond acceptors (Lipinski definition) is 3. The Balaban J connectivity index is 1.83. The normalized spacial score (nSPS) is 17.9. The molecule has 1 amide bonds. The average Bonchev–Trinajstić information content (AvgIpc) is 2.59. The van der Waals surface area contributed by atoms with E-state index in [2.05, 4.69) is 22.2 Å². The average molecular weight is 336 g/mol. The molecular formula is C17H24N2O3S. The Morgan fingerprint density at radius 1 is 1.22 bits per heavy atom. The van der Waals surface area contributed by atoms with E-state index >= 15 is 0 Å². The third-order valence-corrected chi connectivity index (χ3v) is 5.37. The lowest BCUT2D eigenvalue weighted by atomic mass is 9.94. The van der Waals surface area contributed by atoms with Crippen LogP contribution in [0.3, 0.4) is 0 Å². The van der Waals surface area contributed by atoms with Gasteiger partial charge in [-0.15, -0.1) is 0 Å². The minimum atomic E-state index is -3.20. The van der Waals surface area contributed by atoms with Crippen LogP contribution in [0.1, 0.15) is 42.1 Å². The first kappa shape index (κ1) is 17.7. The summed E-state index contributed by atoms with van der Waals surface area (Å²) in [6.45, 7) is 2.53. The van der Waals surface area contributed by atoms with Gasteiger partial charge in [0.1, 0.15) is 0 Å². The van der Waals surface area contributed by atoms with Crippen molar-refractivity contribution in [1.29, 1.82) is 0 Å². The lowest BCUT2D eigenvalue weighted by Crippen LogP contribution is -2.29. The van der Waals surface area contributed by atoms with Gasteiger partial charge >= 0.3 is 0 Å². The molecule has 0 heterocycles. The molecule has 1 aliphatic carbocycles. The first-order valence-electron chi connectivity index (χ1n) is 7.99. The van der Waals surface area contributed by atoms with Gasteiger partial charge in [-0.25, -0.2) is 13.1 Å². The molecule has 23 heavy (non-hydrogen) atoms. The van der Waals surface area contributed by atoms with E-state index < -0.39 is 10.0 Å². The summed E-state index contributed by atoms with van der Waals surface area (Å²) in [5.41, 5.74) is 1.43. The van der Waals surface area contributed by atoms with Gasteiger partial charge in [0.25, 0.3) is 5.91 Å². The number of sulfonamides is 1. The Kier molecular flexibility index (Phi) is 6.36. The molecule has 0 radical (unpaired) electrons. The van der Waals surface area contributed by atoms with Crippen LogP contribution in [0, 0.1) is 5.92 Å². The molecule has 6 heteroatoms. The van der Waals surface area contributed by atoms with Crippen molar-refractivity contribution in [3.63, 3.8) is 0 Å². The molecule has 1 aromatic rings. The fourth-order valence-corrected chi connectivity index (χ4v) is 3.04. The van der Waals surface area contributed by atoms with Crippen LogP contribution in [0.5, 0.6) is 0 Å². The number of allylic oxidation sites excluding steroid dienone is 2. The van der Waals surface area contributed by atoms with Gasteiger partial charge in [0, 0.05) is 18.7 Å². The molecule has 5 nitrogen and oxygen atoms in total. The smallest absolute Gasteiger partial charge is 0.251 e. The van der Waals surface area contributed by atoms with Gasteiger partial charge in [0.15, 0.2) is 0 Å². The van der Waals surface area contributed by atoms with Crippen molar-refractivity contribution in [1.82, 2.24) is 10.0 Å². The largest absolute Gasteiger partial charge is 0.352 e. The van der Waals surface area contributed by atoms with Gasteiger partial charge in [-0.1, -0.05) is 24.3 Å². The zero-order valence-corrected chi connectivity index (χ0v) is 14.2. The topological polar surface area (TPSA) is 75.3 Å². The van der Waals surface area contributed by atoms with Crippen LogP contribution in [0.2, 0.25) is 0 Å². The molecule has 1 unspecified atom stereocenters. The molecule has 1 atom stereocenters. The van der Waals surface area contributed by atoms with Crippen molar-refractivity contribution in [2.75, 3.05) is 12.3 Å². The molecule has 0 fully saturated rings. The highest BCUT2D eigenvalue weighted by atomic mass is 32.2. The van der Waals surface area contributed by atoms with E-state index in [9.17, 15) is 13.2 Å². The third-order valence-electron chi connectivity index (χ3n) is 4.02. The van der Waals surface area contributed by atoms with E-state index in [1.807, 2.05) is 0 Å². The van der Waals surface area contributed by atoms with E-state index in [0.717, 1.165) is 24.8 Å². The summed E-state index contributed by atoms with van der Waals surface area (Å²) in [7, 11) is -3.20. The Labute approximate surface area is 138 Å². The molecule has 2 rings (SSSR count). The fourth-order valence-electron chi connectivity index (χ4n) is 2.45. The molecule has 0 aromatic heterocycles. The van der Waals surface area contributed by atoms with Crippen LogP contribution >= 0.6 is 0 Å². The second-order valence-corrected chi connectivity index (χ2v) is 7.88. The van der Waals surface area contributed by atoms with Gasteiger partial charge in [-0.2, -0.15) is 0 Å². The minimum absolute atomic E-state index is 0.0594. The quantitative estimate of drug-likeness (QED) is 0.750. The maximum Gasteiger partial charge on any atom is 0.251 e. The number of nitrogens with one attached hydrogen (secondary N) is 2. The molecule has 0 aliphatic heterocycles.